The molecule has 1 aromatic rings. The highest BCUT2D eigenvalue weighted by Crippen LogP contribution is 2.28. The summed E-state index contributed by atoms with van der Waals surface area (Å²) in [5.74, 6) is 0. The highest BCUT2D eigenvalue weighted by atomic mass is 35.5. The Morgan fingerprint density at radius 1 is 1.18 bits per heavy atom. The Morgan fingerprint density at radius 3 is 2.27 bits per heavy atom. The lowest BCUT2D eigenvalue weighted by Crippen LogP contribution is -1.99. The van der Waals surface area contributed by atoms with E-state index < -0.39 is 0 Å². The first-order valence-corrected chi connectivity index (χ1v) is 3.72. The van der Waals surface area contributed by atoms with E-state index in [0.717, 1.165) is 11.1 Å². The lowest BCUT2D eigenvalue weighted by atomic mass is 10.1. The van der Waals surface area contributed by atoms with Gasteiger partial charge in [-0.25, -0.2) is 0 Å². The second-order valence-corrected chi connectivity index (χ2v) is 3.02. The Labute approximate surface area is 71.1 Å². The van der Waals surface area contributed by atoms with E-state index in [1.807, 2.05) is 13.8 Å². The molecule has 11 heavy (non-hydrogen) atoms. The van der Waals surface area contributed by atoms with Crippen molar-refractivity contribution in [1.29, 1.82) is 0 Å². The van der Waals surface area contributed by atoms with Gasteiger partial charge < -0.3 is 11.5 Å². The van der Waals surface area contributed by atoms with Gasteiger partial charge in [0.05, 0.1) is 11.4 Å². The number of benzene rings is 1. The molecular formula is C8H11ClN2. The van der Waals surface area contributed by atoms with Crippen molar-refractivity contribution in [3.05, 3.63) is 22.2 Å². The topological polar surface area (TPSA) is 52.0 Å². The van der Waals surface area contributed by atoms with Crippen LogP contribution in [0.25, 0.3) is 0 Å². The molecule has 0 radical (unpaired) electrons. The van der Waals surface area contributed by atoms with Crippen molar-refractivity contribution in [2.45, 2.75) is 13.8 Å². The number of nitrogens with two attached hydrogens (primary N) is 2. The van der Waals surface area contributed by atoms with Gasteiger partial charge >= 0.3 is 0 Å². The summed E-state index contributed by atoms with van der Waals surface area (Å²) in [6.07, 6.45) is 0. The minimum Gasteiger partial charge on any atom is -0.397 e. The summed E-state index contributed by atoms with van der Waals surface area (Å²) in [5.41, 5.74) is 14.4. The van der Waals surface area contributed by atoms with Crippen LogP contribution in [0.15, 0.2) is 6.07 Å². The molecule has 0 fully saturated rings. The van der Waals surface area contributed by atoms with Crippen LogP contribution in [0.5, 0.6) is 0 Å². The summed E-state index contributed by atoms with van der Waals surface area (Å²) in [4.78, 5) is 0. The molecule has 4 N–H and O–H groups in total. The number of rotatable bonds is 0. The van der Waals surface area contributed by atoms with Crippen LogP contribution in [0, 0.1) is 13.8 Å². The van der Waals surface area contributed by atoms with Crippen LogP contribution in [-0.4, -0.2) is 0 Å². The predicted octanol–water partition coefficient (Wildman–Crippen LogP) is 2.12. The van der Waals surface area contributed by atoms with Crippen LogP contribution in [-0.2, 0) is 0 Å². The van der Waals surface area contributed by atoms with Gasteiger partial charge in [0.2, 0.25) is 0 Å². The summed E-state index contributed by atoms with van der Waals surface area (Å²) in [5, 5.41) is 0.675. The van der Waals surface area contributed by atoms with Crippen molar-refractivity contribution in [2.75, 3.05) is 11.5 Å². The summed E-state index contributed by atoms with van der Waals surface area (Å²) in [7, 11) is 0. The smallest absolute Gasteiger partial charge is 0.0581 e. The van der Waals surface area contributed by atoms with Crippen LogP contribution in [0.3, 0.4) is 0 Å². The summed E-state index contributed by atoms with van der Waals surface area (Å²) >= 11 is 5.86. The van der Waals surface area contributed by atoms with Crippen LogP contribution < -0.4 is 11.5 Å². The Kier molecular flexibility index (Phi) is 1.96. The van der Waals surface area contributed by atoms with Gasteiger partial charge in [-0.05, 0) is 31.0 Å². The first-order valence-electron chi connectivity index (χ1n) is 3.34. The van der Waals surface area contributed by atoms with E-state index >= 15 is 0 Å². The molecule has 0 bridgehead atoms. The molecular weight excluding hydrogens is 160 g/mol. The van der Waals surface area contributed by atoms with Gasteiger partial charge in [-0.15, -0.1) is 0 Å². The summed E-state index contributed by atoms with van der Waals surface area (Å²) in [6, 6.07) is 1.68. The fraction of sp³-hybridized carbons (Fsp3) is 0.250. The molecule has 0 saturated carbocycles. The molecule has 0 aromatic heterocycles. The first-order chi connectivity index (χ1) is 5.04. The maximum absolute atomic E-state index is 5.86. The maximum atomic E-state index is 5.86. The second kappa shape index (κ2) is 2.62. The molecule has 2 nitrogen and oxygen atoms in total. The Hall–Kier alpha value is -0.890. The largest absolute Gasteiger partial charge is 0.397 e. The zero-order valence-corrected chi connectivity index (χ0v) is 7.37. The molecule has 0 aliphatic heterocycles. The molecule has 0 aliphatic rings. The zero-order chi connectivity index (χ0) is 8.59. The predicted molar refractivity (Wildman–Crippen MR) is 49.8 cm³/mol. The van der Waals surface area contributed by atoms with Gasteiger partial charge in [-0.1, -0.05) is 11.6 Å². The van der Waals surface area contributed by atoms with E-state index in [4.69, 9.17) is 23.1 Å². The minimum absolute atomic E-state index is 0.554. The standard InChI is InChI=1S/C8H11ClN2/c1-4-5(2)8(11)7(10)3-6(4)9/h3H,10-11H2,1-2H3. The molecule has 1 aromatic carbocycles. The van der Waals surface area contributed by atoms with Crippen molar-refractivity contribution < 1.29 is 0 Å². The lowest BCUT2D eigenvalue weighted by molar-refractivity contribution is 1.35. The third-order valence-corrected chi connectivity index (χ3v) is 2.31. The van der Waals surface area contributed by atoms with Crippen molar-refractivity contribution >= 4 is 23.0 Å². The van der Waals surface area contributed by atoms with Crippen molar-refractivity contribution in [3.63, 3.8) is 0 Å². The van der Waals surface area contributed by atoms with Crippen LogP contribution >= 0.6 is 11.6 Å². The summed E-state index contributed by atoms with van der Waals surface area (Å²) < 4.78 is 0. The molecule has 60 valence electrons. The molecule has 0 unspecified atom stereocenters. The van der Waals surface area contributed by atoms with Crippen LogP contribution in [0.4, 0.5) is 11.4 Å². The fourth-order valence-electron chi connectivity index (χ4n) is 0.920. The number of anilines is 2. The van der Waals surface area contributed by atoms with Gasteiger partial charge in [0.25, 0.3) is 0 Å². The quantitative estimate of drug-likeness (QED) is 0.586. The molecule has 0 spiro atoms. The third-order valence-electron chi connectivity index (χ3n) is 1.92. The molecule has 1 rings (SSSR count). The maximum Gasteiger partial charge on any atom is 0.0581 e. The second-order valence-electron chi connectivity index (χ2n) is 2.61. The lowest BCUT2D eigenvalue weighted by Gasteiger charge is -2.08. The number of halogens is 1. The Balaban J connectivity index is 3.46. The van der Waals surface area contributed by atoms with E-state index in [-0.39, 0.29) is 0 Å². The van der Waals surface area contributed by atoms with E-state index in [1.54, 1.807) is 6.07 Å². The van der Waals surface area contributed by atoms with Crippen molar-refractivity contribution in [1.82, 2.24) is 0 Å². The van der Waals surface area contributed by atoms with Gasteiger partial charge in [0, 0.05) is 5.02 Å². The average Bonchev–Trinajstić information content (AvgIpc) is 1.97. The Morgan fingerprint density at radius 2 is 1.73 bits per heavy atom. The zero-order valence-electron chi connectivity index (χ0n) is 6.61. The fourth-order valence-corrected chi connectivity index (χ4v) is 1.18. The van der Waals surface area contributed by atoms with Crippen LogP contribution in [0.1, 0.15) is 11.1 Å². The van der Waals surface area contributed by atoms with E-state index in [2.05, 4.69) is 0 Å². The van der Waals surface area contributed by atoms with E-state index in [1.165, 1.54) is 0 Å². The molecule has 3 heteroatoms. The minimum atomic E-state index is 0.554. The highest BCUT2D eigenvalue weighted by Gasteiger charge is 2.05. The monoisotopic (exact) mass is 170 g/mol. The van der Waals surface area contributed by atoms with Gasteiger partial charge in [0.15, 0.2) is 0 Å². The van der Waals surface area contributed by atoms with Crippen molar-refractivity contribution in [2.24, 2.45) is 0 Å². The van der Waals surface area contributed by atoms with Crippen LogP contribution in [0.2, 0.25) is 5.02 Å². The average molecular weight is 171 g/mol. The van der Waals surface area contributed by atoms with E-state index in [0.29, 0.717) is 16.4 Å². The van der Waals surface area contributed by atoms with Gasteiger partial charge in [-0.3, -0.25) is 0 Å². The normalized spacial score (nSPS) is 10.1. The number of nitrogen functional groups attached to an aromatic ring is 2. The molecule has 0 heterocycles. The van der Waals surface area contributed by atoms with Gasteiger partial charge in [-0.2, -0.15) is 0 Å². The number of hydrogen-bond acceptors (Lipinski definition) is 2. The highest BCUT2D eigenvalue weighted by molar-refractivity contribution is 6.31. The molecule has 0 atom stereocenters. The third kappa shape index (κ3) is 1.26. The first kappa shape index (κ1) is 8.21. The number of hydrogen-bond donors (Lipinski definition) is 2. The molecule has 0 saturated heterocycles. The molecule has 0 aliphatic carbocycles. The van der Waals surface area contributed by atoms with E-state index in [9.17, 15) is 0 Å². The van der Waals surface area contributed by atoms with Gasteiger partial charge in [0.1, 0.15) is 0 Å². The molecule has 0 amide bonds. The Bertz CT molecular complexity index is 268. The van der Waals surface area contributed by atoms with Crippen molar-refractivity contribution in [3.8, 4) is 0 Å². The SMILES string of the molecule is Cc1c(Cl)cc(N)c(N)c1C. The summed E-state index contributed by atoms with van der Waals surface area (Å²) in [6.45, 7) is 3.83.